The molecule has 0 aliphatic carbocycles. The Labute approximate surface area is 182 Å². The molecule has 0 bridgehead atoms. The van der Waals surface area contributed by atoms with Gasteiger partial charge in [-0.05, 0) is 70.4 Å². The second-order valence-electron chi connectivity index (χ2n) is 6.49. The van der Waals surface area contributed by atoms with Crippen molar-refractivity contribution in [3.05, 3.63) is 106 Å². The zero-order valence-corrected chi connectivity index (χ0v) is 17.5. The average Bonchev–Trinajstić information content (AvgIpc) is 2.75. The van der Waals surface area contributed by atoms with Crippen LogP contribution in [0.5, 0.6) is 0 Å². The van der Waals surface area contributed by atoms with Crippen LogP contribution in [0.1, 0.15) is 20.7 Å². The van der Waals surface area contributed by atoms with Gasteiger partial charge >= 0.3 is 0 Å². The zero-order valence-electron chi connectivity index (χ0n) is 15.4. The van der Waals surface area contributed by atoms with Crippen molar-refractivity contribution < 1.29 is 9.59 Å². The van der Waals surface area contributed by atoms with Gasteiger partial charge in [0.15, 0.2) is 0 Å². The number of carbonyl (C=O) groups excluding carboxylic acids is 2. The van der Waals surface area contributed by atoms with Gasteiger partial charge in [0.05, 0.1) is 5.56 Å². The summed E-state index contributed by atoms with van der Waals surface area (Å²) in [4.78, 5) is 25.1. The van der Waals surface area contributed by atoms with Gasteiger partial charge in [0, 0.05) is 25.9 Å². The van der Waals surface area contributed by atoms with Crippen LogP contribution in [0.4, 0.5) is 11.4 Å². The molecule has 5 heteroatoms. The number of rotatable bonds is 4. The third kappa shape index (κ3) is 4.30. The van der Waals surface area contributed by atoms with Gasteiger partial charge in [0.25, 0.3) is 11.8 Å². The molecule has 0 atom stereocenters. The van der Waals surface area contributed by atoms with Crippen LogP contribution in [0.3, 0.4) is 0 Å². The summed E-state index contributed by atoms with van der Waals surface area (Å²) in [7, 11) is 0. The molecule has 2 amide bonds. The smallest absolute Gasteiger partial charge is 0.256 e. The van der Waals surface area contributed by atoms with E-state index in [0.29, 0.717) is 16.8 Å². The highest BCUT2D eigenvalue weighted by Crippen LogP contribution is 2.24. The van der Waals surface area contributed by atoms with Crippen molar-refractivity contribution >= 4 is 56.6 Å². The van der Waals surface area contributed by atoms with Gasteiger partial charge in [0.2, 0.25) is 0 Å². The third-order valence-corrected chi connectivity index (χ3v) is 5.50. The third-order valence-electron chi connectivity index (χ3n) is 4.56. The molecule has 4 nitrogen and oxygen atoms in total. The van der Waals surface area contributed by atoms with Crippen LogP contribution in [0.2, 0.25) is 0 Å². The maximum atomic E-state index is 12.7. The van der Waals surface area contributed by atoms with Crippen molar-refractivity contribution in [1.82, 2.24) is 0 Å². The Bertz CT molecular complexity index is 1200. The lowest BCUT2D eigenvalue weighted by molar-refractivity contribution is 0.101. The Kier molecular flexibility index (Phi) is 5.57. The molecule has 0 saturated carbocycles. The number of hydrogen-bond donors (Lipinski definition) is 2. The van der Waals surface area contributed by atoms with Crippen LogP contribution in [-0.4, -0.2) is 11.8 Å². The number of halogens is 1. The van der Waals surface area contributed by atoms with Crippen LogP contribution in [0.25, 0.3) is 10.8 Å². The summed E-state index contributed by atoms with van der Waals surface area (Å²) in [6.45, 7) is 0. The van der Waals surface area contributed by atoms with E-state index in [4.69, 9.17) is 0 Å². The minimum absolute atomic E-state index is 0.178. The molecule has 4 aromatic carbocycles. The molecule has 29 heavy (non-hydrogen) atoms. The van der Waals surface area contributed by atoms with E-state index in [1.807, 2.05) is 60.7 Å². The van der Waals surface area contributed by atoms with Crippen LogP contribution >= 0.6 is 22.6 Å². The van der Waals surface area contributed by atoms with Crippen molar-refractivity contribution in [2.45, 2.75) is 0 Å². The number of anilines is 2. The number of nitrogens with one attached hydrogen (secondary N) is 2. The minimum Gasteiger partial charge on any atom is -0.322 e. The molecule has 4 aromatic rings. The zero-order chi connectivity index (χ0) is 20.2. The van der Waals surface area contributed by atoms with Crippen molar-refractivity contribution in [3.63, 3.8) is 0 Å². The summed E-state index contributed by atoms with van der Waals surface area (Å²) in [6, 6.07) is 28.0. The van der Waals surface area contributed by atoms with Gasteiger partial charge in [-0.15, -0.1) is 0 Å². The van der Waals surface area contributed by atoms with Gasteiger partial charge < -0.3 is 10.6 Å². The maximum Gasteiger partial charge on any atom is 0.256 e. The second kappa shape index (κ2) is 8.45. The van der Waals surface area contributed by atoms with Gasteiger partial charge in [-0.3, -0.25) is 9.59 Å². The van der Waals surface area contributed by atoms with E-state index in [2.05, 4.69) is 33.2 Å². The van der Waals surface area contributed by atoms with Crippen LogP contribution in [0.15, 0.2) is 91.0 Å². The van der Waals surface area contributed by atoms with Gasteiger partial charge in [-0.2, -0.15) is 0 Å². The maximum absolute atomic E-state index is 12.7. The fourth-order valence-corrected chi connectivity index (χ4v) is 3.71. The van der Waals surface area contributed by atoms with E-state index in [1.54, 1.807) is 30.3 Å². The highest BCUT2D eigenvalue weighted by atomic mass is 127. The first-order chi connectivity index (χ1) is 14.1. The fraction of sp³-hybridized carbons (Fsp3) is 0. The van der Waals surface area contributed by atoms with Crippen LogP contribution < -0.4 is 10.6 Å². The molecule has 0 unspecified atom stereocenters. The minimum atomic E-state index is -0.197. The molecule has 0 aliphatic heterocycles. The summed E-state index contributed by atoms with van der Waals surface area (Å²) >= 11 is 2.13. The lowest BCUT2D eigenvalue weighted by Crippen LogP contribution is -2.14. The molecule has 2 N–H and O–H groups in total. The molecule has 0 saturated heterocycles. The average molecular weight is 492 g/mol. The largest absolute Gasteiger partial charge is 0.322 e. The topological polar surface area (TPSA) is 58.2 Å². The fourth-order valence-electron chi connectivity index (χ4n) is 3.08. The molecular formula is C24H17IN2O2. The number of hydrogen-bond acceptors (Lipinski definition) is 2. The van der Waals surface area contributed by atoms with E-state index in [0.717, 1.165) is 20.0 Å². The highest BCUT2D eigenvalue weighted by Gasteiger charge is 2.11. The molecule has 0 aliphatic rings. The highest BCUT2D eigenvalue weighted by molar-refractivity contribution is 14.1. The molecular weight excluding hydrogens is 475 g/mol. The molecule has 4 rings (SSSR count). The molecule has 142 valence electrons. The number of benzene rings is 4. The molecule has 0 aromatic heterocycles. The lowest BCUT2D eigenvalue weighted by Gasteiger charge is -2.10. The summed E-state index contributed by atoms with van der Waals surface area (Å²) in [5, 5.41) is 7.89. The molecule has 0 heterocycles. The Balaban J connectivity index is 1.48. The predicted octanol–water partition coefficient (Wildman–Crippen LogP) is 5.95. The second-order valence-corrected chi connectivity index (χ2v) is 7.65. The number of carbonyl (C=O) groups is 2. The molecule has 0 fully saturated rings. The number of fused-ring (bicyclic) bond motifs is 1. The normalized spacial score (nSPS) is 10.5. The predicted molar refractivity (Wildman–Crippen MR) is 125 cm³/mol. The van der Waals surface area contributed by atoms with E-state index in [-0.39, 0.29) is 11.8 Å². The first kappa shape index (κ1) is 19.1. The Morgan fingerprint density at radius 3 is 2.14 bits per heavy atom. The van der Waals surface area contributed by atoms with E-state index < -0.39 is 0 Å². The summed E-state index contributed by atoms with van der Waals surface area (Å²) in [6.07, 6.45) is 0. The van der Waals surface area contributed by atoms with Crippen LogP contribution in [0, 0.1) is 3.57 Å². The summed E-state index contributed by atoms with van der Waals surface area (Å²) in [5.41, 5.74) is 2.54. The van der Waals surface area contributed by atoms with Crippen LogP contribution in [-0.2, 0) is 0 Å². The van der Waals surface area contributed by atoms with Crippen molar-refractivity contribution in [2.24, 2.45) is 0 Å². The van der Waals surface area contributed by atoms with Crippen molar-refractivity contribution in [2.75, 3.05) is 10.6 Å². The van der Waals surface area contributed by atoms with E-state index in [9.17, 15) is 9.59 Å². The quantitative estimate of drug-likeness (QED) is 0.346. The first-order valence-electron chi connectivity index (χ1n) is 9.07. The Morgan fingerprint density at radius 2 is 1.34 bits per heavy atom. The summed E-state index contributed by atoms with van der Waals surface area (Å²) in [5.74, 6) is -0.375. The van der Waals surface area contributed by atoms with Crippen molar-refractivity contribution in [3.8, 4) is 0 Å². The number of amides is 2. The standard InChI is InChI=1S/C24H17IN2O2/c25-21-10-4-3-9-20(21)24(29)26-18-14-12-17(13-15-18)23(28)27-22-11-5-7-16-6-1-2-8-19(16)22/h1-15H,(H,26,29)(H,27,28). The monoisotopic (exact) mass is 492 g/mol. The van der Waals surface area contributed by atoms with Gasteiger partial charge in [-0.25, -0.2) is 0 Å². The Hall–Kier alpha value is -3.19. The van der Waals surface area contributed by atoms with E-state index in [1.165, 1.54) is 0 Å². The molecule has 0 spiro atoms. The summed E-state index contributed by atoms with van der Waals surface area (Å²) < 4.78 is 0.883. The van der Waals surface area contributed by atoms with E-state index >= 15 is 0 Å². The Morgan fingerprint density at radius 1 is 0.655 bits per heavy atom. The SMILES string of the molecule is O=C(Nc1cccc2ccccc12)c1ccc(NC(=O)c2ccccc2I)cc1. The van der Waals surface area contributed by atoms with Crippen molar-refractivity contribution in [1.29, 1.82) is 0 Å². The van der Waals surface area contributed by atoms with Gasteiger partial charge in [-0.1, -0.05) is 48.5 Å². The lowest BCUT2D eigenvalue weighted by atomic mass is 10.1. The van der Waals surface area contributed by atoms with Gasteiger partial charge in [0.1, 0.15) is 0 Å². The molecule has 0 radical (unpaired) electrons. The first-order valence-corrected chi connectivity index (χ1v) is 10.1.